The number of hydrogen-bond donors (Lipinski definition) is 1. The molecule has 0 saturated carbocycles. The predicted octanol–water partition coefficient (Wildman–Crippen LogP) is 2.09. The minimum absolute atomic E-state index is 0.190. The first-order valence-electron chi connectivity index (χ1n) is 4.80. The number of nitrogens with two attached hydrogens (primary N) is 1. The summed E-state index contributed by atoms with van der Waals surface area (Å²) in [5.74, 6) is 0.565. The van der Waals surface area contributed by atoms with Gasteiger partial charge in [0, 0.05) is 24.4 Å². The van der Waals surface area contributed by atoms with Crippen molar-refractivity contribution in [1.82, 2.24) is 4.98 Å². The monoisotopic (exact) mass is 178 g/mol. The number of rotatable bonds is 3. The zero-order chi connectivity index (χ0) is 9.84. The molecule has 0 fully saturated rings. The molecule has 2 N–H and O–H groups in total. The molecule has 0 aromatic carbocycles. The summed E-state index contributed by atoms with van der Waals surface area (Å²) in [5.41, 5.74) is 8.15. The lowest BCUT2D eigenvalue weighted by Crippen LogP contribution is -2.18. The molecule has 1 aromatic rings. The third-order valence-electron chi connectivity index (χ3n) is 2.04. The Kier molecular flexibility index (Phi) is 3.43. The molecule has 2 nitrogen and oxygen atoms in total. The maximum absolute atomic E-state index is 5.71. The van der Waals surface area contributed by atoms with E-state index in [1.54, 1.807) is 0 Å². The van der Waals surface area contributed by atoms with Crippen molar-refractivity contribution in [2.24, 2.45) is 5.73 Å². The predicted molar refractivity (Wildman–Crippen MR) is 55.7 cm³/mol. The van der Waals surface area contributed by atoms with E-state index in [0.29, 0.717) is 5.92 Å². The second-order valence-electron chi connectivity index (χ2n) is 3.92. The van der Waals surface area contributed by atoms with Gasteiger partial charge in [0.15, 0.2) is 0 Å². The van der Waals surface area contributed by atoms with Gasteiger partial charge in [-0.05, 0) is 30.5 Å². The molecule has 0 bridgehead atoms. The van der Waals surface area contributed by atoms with Gasteiger partial charge in [-0.3, -0.25) is 4.98 Å². The highest BCUT2D eigenvalue weighted by Gasteiger charge is 2.02. The summed E-state index contributed by atoms with van der Waals surface area (Å²) < 4.78 is 0. The van der Waals surface area contributed by atoms with E-state index in [1.807, 2.05) is 13.1 Å². The van der Waals surface area contributed by atoms with E-state index in [1.165, 1.54) is 5.56 Å². The fraction of sp³-hybridized carbons (Fsp3) is 0.545. The number of aromatic nitrogens is 1. The van der Waals surface area contributed by atoms with Crippen LogP contribution in [-0.2, 0) is 6.42 Å². The maximum Gasteiger partial charge on any atom is 0.0421 e. The van der Waals surface area contributed by atoms with Crippen LogP contribution in [0.25, 0.3) is 0 Å². The first kappa shape index (κ1) is 10.2. The van der Waals surface area contributed by atoms with Gasteiger partial charge in [0.25, 0.3) is 0 Å². The normalized spacial score (nSPS) is 13.3. The Morgan fingerprint density at radius 1 is 1.38 bits per heavy atom. The molecular weight excluding hydrogens is 160 g/mol. The highest BCUT2D eigenvalue weighted by atomic mass is 14.7. The SMILES string of the molecule is CC(N)Cc1cc(C(C)C)ccn1. The number of pyridine rings is 1. The average Bonchev–Trinajstić information content (AvgIpc) is 2.03. The third-order valence-corrected chi connectivity index (χ3v) is 2.04. The van der Waals surface area contributed by atoms with Crippen LogP contribution in [0.5, 0.6) is 0 Å². The molecule has 0 aliphatic heterocycles. The Bertz CT molecular complexity index is 267. The molecule has 1 unspecified atom stereocenters. The van der Waals surface area contributed by atoms with Crippen molar-refractivity contribution in [3.05, 3.63) is 29.6 Å². The van der Waals surface area contributed by atoms with Crippen molar-refractivity contribution >= 4 is 0 Å². The maximum atomic E-state index is 5.71. The van der Waals surface area contributed by atoms with Crippen molar-refractivity contribution in [2.75, 3.05) is 0 Å². The zero-order valence-corrected chi connectivity index (χ0v) is 8.62. The smallest absolute Gasteiger partial charge is 0.0421 e. The highest BCUT2D eigenvalue weighted by Crippen LogP contribution is 2.14. The van der Waals surface area contributed by atoms with Crippen molar-refractivity contribution in [3.63, 3.8) is 0 Å². The average molecular weight is 178 g/mol. The molecule has 1 atom stereocenters. The quantitative estimate of drug-likeness (QED) is 0.769. The van der Waals surface area contributed by atoms with Crippen LogP contribution in [0.3, 0.4) is 0 Å². The third kappa shape index (κ3) is 3.15. The first-order valence-corrected chi connectivity index (χ1v) is 4.80. The Labute approximate surface area is 80.2 Å². The zero-order valence-electron chi connectivity index (χ0n) is 8.62. The lowest BCUT2D eigenvalue weighted by molar-refractivity contribution is 0.718. The summed E-state index contributed by atoms with van der Waals surface area (Å²) in [7, 11) is 0. The van der Waals surface area contributed by atoms with Crippen LogP contribution in [0.1, 0.15) is 37.9 Å². The van der Waals surface area contributed by atoms with Gasteiger partial charge in [-0.25, -0.2) is 0 Å². The second kappa shape index (κ2) is 4.38. The van der Waals surface area contributed by atoms with Crippen LogP contribution in [0.2, 0.25) is 0 Å². The van der Waals surface area contributed by atoms with Gasteiger partial charge in [-0.15, -0.1) is 0 Å². The van der Waals surface area contributed by atoms with Gasteiger partial charge in [-0.2, -0.15) is 0 Å². The second-order valence-corrected chi connectivity index (χ2v) is 3.92. The molecule has 2 heteroatoms. The molecule has 0 aliphatic rings. The van der Waals surface area contributed by atoms with E-state index in [0.717, 1.165) is 12.1 Å². The van der Waals surface area contributed by atoms with Gasteiger partial charge in [-0.1, -0.05) is 13.8 Å². The molecule has 0 aliphatic carbocycles. The molecule has 1 heterocycles. The molecule has 1 rings (SSSR count). The van der Waals surface area contributed by atoms with Gasteiger partial charge < -0.3 is 5.73 Å². The Morgan fingerprint density at radius 3 is 2.62 bits per heavy atom. The summed E-state index contributed by atoms with van der Waals surface area (Å²) in [6.07, 6.45) is 2.73. The lowest BCUT2D eigenvalue weighted by atomic mass is 10.0. The Hall–Kier alpha value is -0.890. The van der Waals surface area contributed by atoms with E-state index < -0.39 is 0 Å². The summed E-state index contributed by atoms with van der Waals surface area (Å²) in [6, 6.07) is 4.40. The molecule has 0 amide bonds. The fourth-order valence-corrected chi connectivity index (χ4v) is 1.30. The van der Waals surface area contributed by atoms with Crippen LogP contribution in [-0.4, -0.2) is 11.0 Å². The number of hydrogen-bond acceptors (Lipinski definition) is 2. The van der Waals surface area contributed by atoms with E-state index in [2.05, 4.69) is 31.0 Å². The Morgan fingerprint density at radius 2 is 2.08 bits per heavy atom. The van der Waals surface area contributed by atoms with Crippen molar-refractivity contribution < 1.29 is 0 Å². The van der Waals surface area contributed by atoms with Crippen molar-refractivity contribution in [3.8, 4) is 0 Å². The minimum atomic E-state index is 0.190. The van der Waals surface area contributed by atoms with Crippen molar-refractivity contribution in [2.45, 2.75) is 39.2 Å². The first-order chi connectivity index (χ1) is 6.09. The van der Waals surface area contributed by atoms with Crippen LogP contribution in [0.15, 0.2) is 18.3 Å². The molecular formula is C11H18N2. The van der Waals surface area contributed by atoms with Gasteiger partial charge in [0.05, 0.1) is 0 Å². The van der Waals surface area contributed by atoms with Crippen LogP contribution >= 0.6 is 0 Å². The van der Waals surface area contributed by atoms with Crippen molar-refractivity contribution in [1.29, 1.82) is 0 Å². The number of nitrogens with zero attached hydrogens (tertiary/aromatic N) is 1. The molecule has 0 radical (unpaired) electrons. The van der Waals surface area contributed by atoms with E-state index in [-0.39, 0.29) is 6.04 Å². The molecule has 72 valence electrons. The largest absolute Gasteiger partial charge is 0.328 e. The molecule has 1 aromatic heterocycles. The topological polar surface area (TPSA) is 38.9 Å². The van der Waals surface area contributed by atoms with Crippen LogP contribution in [0, 0.1) is 0 Å². The van der Waals surface area contributed by atoms with E-state index >= 15 is 0 Å². The summed E-state index contributed by atoms with van der Waals surface area (Å²) >= 11 is 0. The van der Waals surface area contributed by atoms with E-state index in [4.69, 9.17) is 5.73 Å². The van der Waals surface area contributed by atoms with E-state index in [9.17, 15) is 0 Å². The van der Waals surface area contributed by atoms with Crippen LogP contribution in [0.4, 0.5) is 0 Å². The lowest BCUT2D eigenvalue weighted by Gasteiger charge is -2.08. The molecule has 13 heavy (non-hydrogen) atoms. The molecule has 0 saturated heterocycles. The standard InChI is InChI=1S/C11H18N2/c1-8(2)10-4-5-13-11(7-10)6-9(3)12/h4-5,7-9H,6,12H2,1-3H3. The summed E-state index contributed by atoms with van der Waals surface area (Å²) in [5, 5.41) is 0. The van der Waals surface area contributed by atoms with Gasteiger partial charge in [0.1, 0.15) is 0 Å². The summed E-state index contributed by atoms with van der Waals surface area (Å²) in [4.78, 5) is 4.28. The Balaban J connectivity index is 2.79. The molecule has 0 spiro atoms. The summed E-state index contributed by atoms with van der Waals surface area (Å²) in [6.45, 7) is 6.37. The highest BCUT2D eigenvalue weighted by molar-refractivity contribution is 5.19. The van der Waals surface area contributed by atoms with Gasteiger partial charge >= 0.3 is 0 Å². The fourth-order valence-electron chi connectivity index (χ4n) is 1.30. The van der Waals surface area contributed by atoms with Gasteiger partial charge in [0.2, 0.25) is 0 Å². The minimum Gasteiger partial charge on any atom is -0.328 e. The van der Waals surface area contributed by atoms with Crippen LogP contribution < -0.4 is 5.73 Å².